The molecule has 4 nitrogen and oxygen atoms in total. The van der Waals surface area contributed by atoms with E-state index < -0.39 is 12.6 Å². The zero-order valence-electron chi connectivity index (χ0n) is 7.91. The summed E-state index contributed by atoms with van der Waals surface area (Å²) in [4.78, 5) is 12.6. The van der Waals surface area contributed by atoms with E-state index in [1.165, 1.54) is 4.90 Å². The van der Waals surface area contributed by atoms with E-state index in [9.17, 15) is 9.18 Å². The maximum absolute atomic E-state index is 12.2. The summed E-state index contributed by atoms with van der Waals surface area (Å²) in [6.45, 7) is -0.129. The molecule has 2 rings (SSSR count). The van der Waals surface area contributed by atoms with Crippen molar-refractivity contribution in [1.29, 1.82) is 0 Å². The normalized spacial score (nSPS) is 14.9. The molecule has 0 spiro atoms. The number of amides is 1. The summed E-state index contributed by atoms with van der Waals surface area (Å²) in [6, 6.07) is 1.74. The number of nitrogens with zero attached hydrogens (tertiary/aromatic N) is 3. The highest BCUT2D eigenvalue weighted by Gasteiger charge is 2.21. The third-order valence-corrected chi connectivity index (χ3v) is 2.57. The Balaban J connectivity index is 2.20. The number of carbonyl (C=O) groups excluding carboxylic acids is 1. The summed E-state index contributed by atoms with van der Waals surface area (Å²) in [7, 11) is 0. The van der Waals surface area contributed by atoms with Gasteiger partial charge in [0.05, 0.1) is 12.2 Å². The van der Waals surface area contributed by atoms with Crippen LogP contribution >= 0.6 is 11.6 Å². The molecule has 15 heavy (non-hydrogen) atoms. The Morgan fingerprint density at radius 2 is 2.40 bits per heavy atom. The molecule has 1 aromatic heterocycles. The second-order valence-electron chi connectivity index (χ2n) is 3.34. The van der Waals surface area contributed by atoms with Crippen molar-refractivity contribution in [3.63, 3.8) is 0 Å². The van der Waals surface area contributed by atoms with Crippen LogP contribution in [0.3, 0.4) is 0 Å². The van der Waals surface area contributed by atoms with Gasteiger partial charge < -0.3 is 4.90 Å². The summed E-state index contributed by atoms with van der Waals surface area (Å²) in [5.74, 6) is -0.502. The van der Waals surface area contributed by atoms with Gasteiger partial charge in [-0.15, -0.1) is 5.10 Å². The van der Waals surface area contributed by atoms with Crippen molar-refractivity contribution < 1.29 is 9.18 Å². The number of rotatable bonds is 1. The predicted octanol–water partition coefficient (Wildman–Crippen LogP) is 0.984. The van der Waals surface area contributed by atoms with Crippen molar-refractivity contribution in [3.05, 3.63) is 22.5 Å². The van der Waals surface area contributed by atoms with E-state index in [1.54, 1.807) is 6.07 Å². The van der Waals surface area contributed by atoms with Gasteiger partial charge in [-0.1, -0.05) is 11.6 Å². The molecule has 0 aliphatic carbocycles. The van der Waals surface area contributed by atoms with E-state index in [2.05, 4.69) is 10.2 Å². The molecule has 6 heteroatoms. The summed E-state index contributed by atoms with van der Waals surface area (Å²) in [5.41, 5.74) is 1.69. The van der Waals surface area contributed by atoms with Crippen LogP contribution < -0.4 is 0 Å². The van der Waals surface area contributed by atoms with E-state index in [4.69, 9.17) is 11.6 Å². The Morgan fingerprint density at radius 1 is 1.60 bits per heavy atom. The molecule has 0 radical (unpaired) electrons. The first-order valence-corrected chi connectivity index (χ1v) is 4.93. The minimum Gasteiger partial charge on any atom is -0.334 e. The molecular formula is C9H9ClFN3O. The monoisotopic (exact) mass is 229 g/mol. The van der Waals surface area contributed by atoms with Crippen LogP contribution in [0, 0.1) is 0 Å². The van der Waals surface area contributed by atoms with E-state index in [-0.39, 0.29) is 0 Å². The molecule has 1 amide bonds. The fourth-order valence-electron chi connectivity index (χ4n) is 1.59. The number of carbonyl (C=O) groups is 1. The summed E-state index contributed by atoms with van der Waals surface area (Å²) >= 11 is 5.69. The minimum absolute atomic E-state index is 0.322. The highest BCUT2D eigenvalue weighted by atomic mass is 35.5. The maximum atomic E-state index is 12.2. The topological polar surface area (TPSA) is 46.1 Å². The standard InChI is InChI=1S/C9H9ClFN3O/c10-8-3-6-1-2-14(9(15)4-11)5-7(6)12-13-8/h3H,1-2,4-5H2. The first kappa shape index (κ1) is 10.3. The van der Waals surface area contributed by atoms with E-state index in [0.29, 0.717) is 30.4 Å². The fraction of sp³-hybridized carbons (Fsp3) is 0.444. The first-order valence-electron chi connectivity index (χ1n) is 4.55. The van der Waals surface area contributed by atoms with Crippen molar-refractivity contribution >= 4 is 17.5 Å². The van der Waals surface area contributed by atoms with Crippen LogP contribution in [0.15, 0.2) is 6.07 Å². The number of hydrogen-bond acceptors (Lipinski definition) is 3. The molecule has 0 atom stereocenters. The van der Waals surface area contributed by atoms with Crippen molar-refractivity contribution in [3.8, 4) is 0 Å². The molecule has 0 bridgehead atoms. The van der Waals surface area contributed by atoms with Gasteiger partial charge in [-0.05, 0) is 18.1 Å². The lowest BCUT2D eigenvalue weighted by molar-refractivity contribution is -0.133. The van der Waals surface area contributed by atoms with Crippen molar-refractivity contribution in [2.45, 2.75) is 13.0 Å². The first-order chi connectivity index (χ1) is 7.20. The molecule has 1 aliphatic heterocycles. The number of aromatic nitrogens is 2. The second kappa shape index (κ2) is 4.10. The molecular weight excluding hydrogens is 221 g/mol. The maximum Gasteiger partial charge on any atom is 0.254 e. The van der Waals surface area contributed by atoms with Gasteiger partial charge in [0.25, 0.3) is 5.91 Å². The van der Waals surface area contributed by atoms with E-state index >= 15 is 0 Å². The minimum atomic E-state index is -0.962. The average Bonchev–Trinajstić information content (AvgIpc) is 2.27. The summed E-state index contributed by atoms with van der Waals surface area (Å²) in [5, 5.41) is 7.93. The van der Waals surface area contributed by atoms with Crippen LogP contribution in [0.25, 0.3) is 0 Å². The Labute approximate surface area is 91.0 Å². The molecule has 0 aromatic carbocycles. The van der Waals surface area contributed by atoms with Gasteiger partial charge >= 0.3 is 0 Å². The Bertz CT molecular complexity index is 399. The molecule has 80 valence electrons. The fourth-order valence-corrected chi connectivity index (χ4v) is 1.76. The SMILES string of the molecule is O=C(CF)N1CCc2cc(Cl)nnc2C1. The van der Waals surface area contributed by atoms with Crippen molar-refractivity contribution in [1.82, 2.24) is 15.1 Å². The number of fused-ring (bicyclic) bond motifs is 1. The predicted molar refractivity (Wildman–Crippen MR) is 52.1 cm³/mol. The van der Waals surface area contributed by atoms with Crippen LogP contribution in [-0.4, -0.2) is 34.2 Å². The van der Waals surface area contributed by atoms with Crippen LogP contribution in [0.5, 0.6) is 0 Å². The Kier molecular flexibility index (Phi) is 2.81. The highest BCUT2D eigenvalue weighted by molar-refractivity contribution is 6.29. The van der Waals surface area contributed by atoms with Crippen LogP contribution in [0.4, 0.5) is 4.39 Å². The Hall–Kier alpha value is -1.23. The number of hydrogen-bond donors (Lipinski definition) is 0. The second-order valence-corrected chi connectivity index (χ2v) is 3.73. The molecule has 1 aromatic rings. The van der Waals surface area contributed by atoms with Crippen molar-refractivity contribution in [2.75, 3.05) is 13.2 Å². The van der Waals surface area contributed by atoms with E-state index in [0.717, 1.165) is 5.56 Å². The quantitative estimate of drug-likeness (QED) is 0.721. The smallest absolute Gasteiger partial charge is 0.254 e. The van der Waals surface area contributed by atoms with Crippen LogP contribution in [-0.2, 0) is 17.8 Å². The molecule has 0 unspecified atom stereocenters. The number of alkyl halides is 1. The average molecular weight is 230 g/mol. The van der Waals surface area contributed by atoms with Crippen molar-refractivity contribution in [2.24, 2.45) is 0 Å². The zero-order valence-corrected chi connectivity index (χ0v) is 8.67. The molecule has 0 fully saturated rings. The van der Waals surface area contributed by atoms with Gasteiger partial charge in [-0.2, -0.15) is 5.10 Å². The van der Waals surface area contributed by atoms with Gasteiger partial charge in [0, 0.05) is 6.54 Å². The van der Waals surface area contributed by atoms with Gasteiger partial charge in [-0.3, -0.25) is 4.79 Å². The lowest BCUT2D eigenvalue weighted by Crippen LogP contribution is -2.37. The van der Waals surface area contributed by atoms with Gasteiger partial charge in [0.1, 0.15) is 0 Å². The van der Waals surface area contributed by atoms with Gasteiger partial charge in [-0.25, -0.2) is 4.39 Å². The molecule has 2 heterocycles. The van der Waals surface area contributed by atoms with Gasteiger partial charge in [0.15, 0.2) is 11.8 Å². The number of halogens is 2. The third-order valence-electron chi connectivity index (χ3n) is 2.39. The van der Waals surface area contributed by atoms with Crippen LogP contribution in [0.2, 0.25) is 5.15 Å². The molecule has 0 saturated carbocycles. The van der Waals surface area contributed by atoms with Gasteiger partial charge in [0.2, 0.25) is 0 Å². The molecule has 1 aliphatic rings. The summed E-state index contributed by atoms with van der Waals surface area (Å²) < 4.78 is 12.2. The van der Waals surface area contributed by atoms with Crippen LogP contribution in [0.1, 0.15) is 11.3 Å². The third kappa shape index (κ3) is 2.07. The lowest BCUT2D eigenvalue weighted by atomic mass is 10.1. The highest BCUT2D eigenvalue weighted by Crippen LogP contribution is 2.18. The molecule has 0 saturated heterocycles. The summed E-state index contributed by atoms with van der Waals surface area (Å²) in [6.07, 6.45) is 0.649. The van der Waals surface area contributed by atoms with E-state index in [1.807, 2.05) is 0 Å². The zero-order chi connectivity index (χ0) is 10.8. The Morgan fingerprint density at radius 3 is 3.13 bits per heavy atom. The molecule has 0 N–H and O–H groups in total. The lowest BCUT2D eigenvalue weighted by Gasteiger charge is -2.26. The largest absolute Gasteiger partial charge is 0.334 e.